The molecule has 4 aliphatic rings. The molecule has 0 spiro atoms. The highest BCUT2D eigenvalue weighted by Gasteiger charge is 2.46. The molecule has 5 heteroatoms. The summed E-state index contributed by atoms with van der Waals surface area (Å²) < 4.78 is 17.4. The van der Waals surface area contributed by atoms with Crippen LogP contribution in [0.15, 0.2) is 18.2 Å². The second-order valence-corrected chi connectivity index (χ2v) is 10.6. The zero-order chi connectivity index (χ0) is 21.5. The molecule has 6 atom stereocenters. The fourth-order valence-electron chi connectivity index (χ4n) is 6.68. The smallest absolute Gasteiger partial charge is 0.410 e. The summed E-state index contributed by atoms with van der Waals surface area (Å²) in [5.41, 5.74) is 1.27. The molecule has 1 aromatic rings. The molecule has 0 aromatic heterocycles. The molecule has 3 fully saturated rings. The molecule has 1 amide bonds. The fourth-order valence-corrected chi connectivity index (χ4v) is 6.68. The van der Waals surface area contributed by atoms with Gasteiger partial charge in [-0.05, 0) is 73.5 Å². The van der Waals surface area contributed by atoms with Crippen LogP contribution in [-0.2, 0) is 4.74 Å². The molecule has 0 unspecified atom stereocenters. The molecule has 170 valence electrons. The van der Waals surface area contributed by atoms with E-state index in [1.807, 2.05) is 6.07 Å². The largest absolute Gasteiger partial charge is 0.454 e. The summed E-state index contributed by atoms with van der Waals surface area (Å²) in [5.74, 6) is 4.24. The molecule has 1 aromatic carbocycles. The summed E-state index contributed by atoms with van der Waals surface area (Å²) in [6.45, 7) is 7.95. The number of hydrogen-bond donors (Lipinski definition) is 0. The number of carbonyl (C=O) groups excluding carboxylic acids is 1. The minimum atomic E-state index is -0.0788. The van der Waals surface area contributed by atoms with E-state index in [9.17, 15) is 4.79 Å². The quantitative estimate of drug-likeness (QED) is 0.596. The van der Waals surface area contributed by atoms with Gasteiger partial charge in [0.1, 0.15) is 6.10 Å². The lowest BCUT2D eigenvalue weighted by atomic mass is 9.74. The summed E-state index contributed by atoms with van der Waals surface area (Å²) in [7, 11) is 0. The van der Waals surface area contributed by atoms with Crippen LogP contribution < -0.4 is 9.47 Å². The van der Waals surface area contributed by atoms with Crippen LogP contribution in [0.3, 0.4) is 0 Å². The van der Waals surface area contributed by atoms with E-state index in [4.69, 9.17) is 14.2 Å². The Morgan fingerprint density at radius 2 is 1.94 bits per heavy atom. The maximum atomic E-state index is 13.5. The Bertz CT molecular complexity index is 809. The lowest BCUT2D eigenvalue weighted by molar-refractivity contribution is -0.0154. The van der Waals surface area contributed by atoms with Gasteiger partial charge >= 0.3 is 6.09 Å². The number of hydrogen-bond acceptors (Lipinski definition) is 4. The molecule has 0 bridgehead atoms. The van der Waals surface area contributed by atoms with Crippen molar-refractivity contribution in [3.63, 3.8) is 0 Å². The predicted molar refractivity (Wildman–Crippen MR) is 119 cm³/mol. The van der Waals surface area contributed by atoms with Gasteiger partial charge in [0.15, 0.2) is 11.5 Å². The van der Waals surface area contributed by atoms with Crippen molar-refractivity contribution in [2.75, 3.05) is 13.3 Å². The third kappa shape index (κ3) is 4.01. The van der Waals surface area contributed by atoms with Gasteiger partial charge in [0.25, 0.3) is 0 Å². The molecular weight excluding hydrogens is 390 g/mol. The van der Waals surface area contributed by atoms with Crippen molar-refractivity contribution in [1.82, 2.24) is 4.90 Å². The lowest BCUT2D eigenvalue weighted by Crippen LogP contribution is -2.46. The van der Waals surface area contributed by atoms with E-state index < -0.39 is 0 Å². The predicted octanol–water partition coefficient (Wildman–Crippen LogP) is 5.97. The first kappa shape index (κ1) is 21.0. The monoisotopic (exact) mass is 427 g/mol. The number of benzene rings is 1. The van der Waals surface area contributed by atoms with Crippen molar-refractivity contribution >= 4 is 6.09 Å². The number of fused-ring (bicyclic) bond motifs is 2. The van der Waals surface area contributed by atoms with Crippen molar-refractivity contribution < 1.29 is 19.0 Å². The second-order valence-electron chi connectivity index (χ2n) is 10.6. The van der Waals surface area contributed by atoms with Crippen molar-refractivity contribution in [2.24, 2.45) is 23.7 Å². The van der Waals surface area contributed by atoms with Gasteiger partial charge in [-0.3, -0.25) is 0 Å². The summed E-state index contributed by atoms with van der Waals surface area (Å²) in [4.78, 5) is 15.5. The number of nitrogens with zero attached hydrogens (tertiary/aromatic N) is 1. The topological polar surface area (TPSA) is 48.0 Å². The first-order valence-electron chi connectivity index (χ1n) is 12.4. The standard InChI is InChI=1S/C26H37NO4/c1-16(2)20-9-7-17(3)13-23(20)31-26(28)27-12-11-18-5-4-6-21(25(18)27)19-8-10-22-24(14-19)30-15-29-22/h8,10,14,16-18,20-21,23,25H,4-7,9,11-13,15H2,1-3H3/t17-,18-,20+,21+,23-,25+/m1/s1. The third-order valence-electron chi connectivity index (χ3n) is 8.36. The molecule has 5 rings (SSSR count). The van der Waals surface area contributed by atoms with E-state index in [1.54, 1.807) is 0 Å². The van der Waals surface area contributed by atoms with Crippen molar-refractivity contribution in [3.05, 3.63) is 23.8 Å². The highest BCUT2D eigenvalue weighted by Crippen LogP contribution is 2.47. The van der Waals surface area contributed by atoms with Crippen molar-refractivity contribution in [2.45, 2.75) is 83.8 Å². The SMILES string of the molecule is CC(C)[C@@H]1CC[C@@H](C)C[C@H]1OC(=O)N1CC[C@H]2CCC[C@@H](c3ccc4c(c3)OCO4)[C@H]21. The van der Waals surface area contributed by atoms with Crippen molar-refractivity contribution in [1.29, 1.82) is 0 Å². The van der Waals surface area contributed by atoms with E-state index in [0.717, 1.165) is 37.3 Å². The first-order chi connectivity index (χ1) is 15.0. The Morgan fingerprint density at radius 3 is 2.77 bits per heavy atom. The fraction of sp³-hybridized carbons (Fsp3) is 0.731. The van der Waals surface area contributed by atoms with Gasteiger partial charge in [0.2, 0.25) is 6.79 Å². The van der Waals surface area contributed by atoms with Gasteiger partial charge in [-0.25, -0.2) is 4.79 Å². The Labute approximate surface area is 186 Å². The Kier molecular flexibility index (Phi) is 5.78. The molecule has 5 nitrogen and oxygen atoms in total. The van der Waals surface area contributed by atoms with Crippen molar-refractivity contribution in [3.8, 4) is 11.5 Å². The van der Waals surface area contributed by atoms with Gasteiger partial charge in [-0.1, -0.05) is 39.7 Å². The minimum absolute atomic E-state index is 0.0582. The van der Waals surface area contributed by atoms with Crippen LogP contribution in [0.1, 0.15) is 77.2 Å². The zero-order valence-electron chi connectivity index (χ0n) is 19.2. The maximum absolute atomic E-state index is 13.5. The van der Waals surface area contributed by atoms with Crippen LogP contribution in [-0.4, -0.2) is 36.5 Å². The molecule has 1 saturated heterocycles. The number of ether oxygens (including phenoxy) is 3. The molecule has 0 radical (unpaired) electrons. The van der Waals surface area contributed by atoms with Crippen LogP contribution in [0.4, 0.5) is 4.79 Å². The van der Waals surface area contributed by atoms with Crippen LogP contribution in [0.25, 0.3) is 0 Å². The van der Waals surface area contributed by atoms with Gasteiger partial charge in [0, 0.05) is 18.5 Å². The molecule has 2 aliphatic carbocycles. The van der Waals surface area contributed by atoms with Crippen LogP contribution in [0.5, 0.6) is 11.5 Å². The highest BCUT2D eigenvalue weighted by molar-refractivity contribution is 5.69. The number of carbonyl (C=O) groups is 1. The second kappa shape index (κ2) is 8.55. The first-order valence-corrected chi connectivity index (χ1v) is 12.4. The zero-order valence-corrected chi connectivity index (χ0v) is 19.2. The Morgan fingerprint density at radius 1 is 1.10 bits per heavy atom. The molecule has 2 saturated carbocycles. The van der Waals surface area contributed by atoms with E-state index in [2.05, 4.69) is 37.8 Å². The molecule has 2 aliphatic heterocycles. The minimum Gasteiger partial charge on any atom is -0.454 e. The summed E-state index contributed by atoms with van der Waals surface area (Å²) in [6, 6.07) is 6.56. The highest BCUT2D eigenvalue weighted by atomic mass is 16.7. The van der Waals surface area contributed by atoms with Crippen LogP contribution in [0.2, 0.25) is 0 Å². The van der Waals surface area contributed by atoms with Crippen LogP contribution >= 0.6 is 0 Å². The van der Waals surface area contributed by atoms with Crippen LogP contribution in [0, 0.1) is 23.7 Å². The average molecular weight is 428 g/mol. The van der Waals surface area contributed by atoms with E-state index in [1.165, 1.54) is 31.2 Å². The van der Waals surface area contributed by atoms with Gasteiger partial charge in [-0.2, -0.15) is 0 Å². The summed E-state index contributed by atoms with van der Waals surface area (Å²) in [6.07, 6.45) is 8.04. The third-order valence-corrected chi connectivity index (χ3v) is 8.36. The Balaban J connectivity index is 1.34. The van der Waals surface area contributed by atoms with E-state index in [-0.39, 0.29) is 18.2 Å². The number of likely N-dealkylation sites (tertiary alicyclic amines) is 1. The normalized spacial score (nSPS) is 34.6. The summed E-state index contributed by atoms with van der Waals surface area (Å²) in [5, 5.41) is 0. The van der Waals surface area contributed by atoms with E-state index in [0.29, 0.717) is 36.4 Å². The average Bonchev–Trinajstić information content (AvgIpc) is 3.39. The molecule has 2 heterocycles. The number of rotatable bonds is 3. The van der Waals surface area contributed by atoms with Gasteiger partial charge < -0.3 is 19.1 Å². The molecular formula is C26H37NO4. The lowest BCUT2D eigenvalue weighted by Gasteiger charge is -2.41. The molecule has 0 N–H and O–H groups in total. The number of amides is 1. The van der Waals surface area contributed by atoms with E-state index >= 15 is 0 Å². The van der Waals surface area contributed by atoms with Gasteiger partial charge in [-0.15, -0.1) is 0 Å². The van der Waals surface area contributed by atoms with Gasteiger partial charge in [0.05, 0.1) is 0 Å². The Hall–Kier alpha value is -1.91. The molecule has 31 heavy (non-hydrogen) atoms. The summed E-state index contributed by atoms with van der Waals surface area (Å²) >= 11 is 0. The maximum Gasteiger partial charge on any atom is 0.410 e.